The van der Waals surface area contributed by atoms with Crippen molar-refractivity contribution in [2.75, 3.05) is 20.3 Å². The number of benzene rings is 3. The molecule has 1 aliphatic carbocycles. The number of methoxy groups -OCH3 is 1. The Kier molecular flexibility index (Phi) is 8.57. The summed E-state index contributed by atoms with van der Waals surface area (Å²) in [6, 6.07) is 19.9. The lowest BCUT2D eigenvalue weighted by atomic mass is 9.71. The van der Waals surface area contributed by atoms with Gasteiger partial charge in [-0.15, -0.1) is 0 Å². The molecule has 9 heteroatoms. The van der Waals surface area contributed by atoms with E-state index >= 15 is 0 Å². The van der Waals surface area contributed by atoms with Crippen LogP contribution >= 0.6 is 23.2 Å². The van der Waals surface area contributed by atoms with Gasteiger partial charge in [0.25, 0.3) is 0 Å². The second kappa shape index (κ2) is 12.3. The molecule has 212 valence electrons. The van der Waals surface area contributed by atoms with Gasteiger partial charge in [0.2, 0.25) is 0 Å². The molecule has 3 aromatic rings. The highest BCUT2D eigenvalue weighted by Crippen LogP contribution is 2.48. The van der Waals surface area contributed by atoms with Crippen molar-refractivity contribution < 1.29 is 28.9 Å². The Morgan fingerprint density at radius 3 is 2.44 bits per heavy atom. The maximum atomic E-state index is 13.8. The van der Waals surface area contributed by atoms with Crippen molar-refractivity contribution in [1.29, 1.82) is 0 Å². The summed E-state index contributed by atoms with van der Waals surface area (Å²) in [7, 11) is 1.41. The molecule has 0 spiro atoms. The van der Waals surface area contributed by atoms with Crippen molar-refractivity contribution in [3.8, 4) is 17.2 Å². The van der Waals surface area contributed by atoms with Crippen LogP contribution in [0.25, 0.3) is 0 Å². The summed E-state index contributed by atoms with van der Waals surface area (Å²) in [6.07, 6.45) is 0.820. The third-order valence-electron chi connectivity index (χ3n) is 7.32. The molecule has 0 amide bonds. The first-order valence-electron chi connectivity index (χ1n) is 13.2. The summed E-state index contributed by atoms with van der Waals surface area (Å²) in [6.45, 7) is 1.95. The van der Waals surface area contributed by atoms with Gasteiger partial charge < -0.3 is 24.6 Å². The number of aromatic hydroxyl groups is 1. The highest BCUT2D eigenvalue weighted by molar-refractivity contribution is 6.32. The molecule has 1 heterocycles. The van der Waals surface area contributed by atoms with E-state index in [4.69, 9.17) is 37.4 Å². The third-order valence-corrected chi connectivity index (χ3v) is 7.86. The fourth-order valence-corrected chi connectivity index (χ4v) is 5.76. The Morgan fingerprint density at radius 2 is 1.73 bits per heavy atom. The maximum Gasteiger partial charge on any atom is 0.336 e. The fourth-order valence-electron chi connectivity index (χ4n) is 5.42. The normalized spacial score (nSPS) is 18.5. The summed E-state index contributed by atoms with van der Waals surface area (Å²) in [4.78, 5) is 27.4. The standard InChI is InChI=1S/C32H29Cl2NO6/c1-18-28(32(38)41-13-12-40-23-6-4-3-5-7-23)29(21-14-24(34)31(37)27(17-21)39-2)30-25(35-18)15-20(16-26(30)36)19-8-10-22(33)11-9-19/h3-11,14,17,20,29,35,37H,12-13,15-16H2,1-2H3/t20-,29+/m0/s1. The second-order valence-electron chi connectivity index (χ2n) is 9.92. The number of esters is 1. The summed E-state index contributed by atoms with van der Waals surface area (Å²) in [5, 5.41) is 14.4. The average molecular weight is 594 g/mol. The predicted molar refractivity (Wildman–Crippen MR) is 157 cm³/mol. The number of dihydropyridines is 1. The summed E-state index contributed by atoms with van der Waals surface area (Å²) in [5.41, 5.74) is 3.59. The molecule has 0 saturated heterocycles. The number of phenolic OH excluding ortho intramolecular Hbond substituents is 1. The van der Waals surface area contributed by atoms with Gasteiger partial charge in [-0.05, 0) is 66.8 Å². The van der Waals surface area contributed by atoms with Crippen LogP contribution in [0.2, 0.25) is 10.0 Å². The molecule has 0 bridgehead atoms. The lowest BCUT2D eigenvalue weighted by molar-refractivity contribution is -0.140. The lowest BCUT2D eigenvalue weighted by Crippen LogP contribution is -2.36. The number of ketones is 1. The molecule has 0 unspecified atom stereocenters. The van der Waals surface area contributed by atoms with E-state index in [1.807, 2.05) is 54.6 Å². The van der Waals surface area contributed by atoms with Crippen LogP contribution in [0.4, 0.5) is 0 Å². The van der Waals surface area contributed by atoms with Gasteiger partial charge in [0.15, 0.2) is 17.3 Å². The number of halogens is 2. The largest absolute Gasteiger partial charge is 0.503 e. The van der Waals surface area contributed by atoms with Gasteiger partial charge in [0.05, 0.1) is 17.7 Å². The first kappa shape index (κ1) is 28.6. The number of para-hydroxylation sites is 1. The van der Waals surface area contributed by atoms with Gasteiger partial charge in [-0.25, -0.2) is 4.79 Å². The Bertz CT molecular complexity index is 1530. The Balaban J connectivity index is 1.48. The number of Topliss-reactive ketones (excluding diaryl/α,β-unsaturated/α-hetero) is 1. The number of carbonyl (C=O) groups is 2. The number of rotatable bonds is 8. The van der Waals surface area contributed by atoms with Crippen LogP contribution in [0, 0.1) is 0 Å². The highest BCUT2D eigenvalue weighted by atomic mass is 35.5. The third kappa shape index (κ3) is 6.06. The Hall–Kier alpha value is -3.94. The molecule has 41 heavy (non-hydrogen) atoms. The number of carbonyl (C=O) groups excluding carboxylic acids is 2. The molecule has 0 saturated carbocycles. The van der Waals surface area contributed by atoms with Crippen LogP contribution in [-0.4, -0.2) is 37.2 Å². The number of ether oxygens (including phenoxy) is 3. The van der Waals surface area contributed by atoms with E-state index < -0.39 is 11.9 Å². The minimum atomic E-state index is -0.778. The molecule has 0 aromatic heterocycles. The minimum Gasteiger partial charge on any atom is -0.503 e. The molecule has 5 rings (SSSR count). The zero-order chi connectivity index (χ0) is 29.1. The van der Waals surface area contributed by atoms with Gasteiger partial charge in [-0.1, -0.05) is 53.5 Å². The second-order valence-corrected chi connectivity index (χ2v) is 10.8. The number of hydrogen-bond donors (Lipinski definition) is 2. The predicted octanol–water partition coefficient (Wildman–Crippen LogP) is 6.69. The first-order valence-corrected chi connectivity index (χ1v) is 13.9. The van der Waals surface area contributed by atoms with E-state index in [1.165, 1.54) is 7.11 Å². The van der Waals surface area contributed by atoms with E-state index in [1.54, 1.807) is 19.1 Å². The van der Waals surface area contributed by atoms with Crippen molar-refractivity contribution in [2.24, 2.45) is 0 Å². The number of hydrogen-bond acceptors (Lipinski definition) is 7. The minimum absolute atomic E-state index is 0.00930. The van der Waals surface area contributed by atoms with E-state index in [0.717, 1.165) is 11.3 Å². The monoisotopic (exact) mass is 593 g/mol. The van der Waals surface area contributed by atoms with Crippen molar-refractivity contribution >= 4 is 35.0 Å². The molecule has 0 radical (unpaired) electrons. The Labute approximate surface area is 248 Å². The van der Waals surface area contributed by atoms with Gasteiger partial charge >= 0.3 is 5.97 Å². The van der Waals surface area contributed by atoms with Crippen LogP contribution in [0.1, 0.15) is 42.7 Å². The summed E-state index contributed by atoms with van der Waals surface area (Å²) in [5.74, 6) is -0.935. The Morgan fingerprint density at radius 1 is 1.00 bits per heavy atom. The lowest BCUT2D eigenvalue weighted by Gasteiger charge is -2.37. The van der Waals surface area contributed by atoms with E-state index in [-0.39, 0.29) is 53.4 Å². The van der Waals surface area contributed by atoms with Crippen molar-refractivity contribution in [3.63, 3.8) is 0 Å². The molecule has 2 N–H and O–H groups in total. The quantitative estimate of drug-likeness (QED) is 0.222. The molecular weight excluding hydrogens is 565 g/mol. The van der Waals surface area contributed by atoms with E-state index in [9.17, 15) is 14.7 Å². The fraction of sp³-hybridized carbons (Fsp3) is 0.250. The maximum absolute atomic E-state index is 13.8. The van der Waals surface area contributed by atoms with E-state index in [0.29, 0.717) is 34.0 Å². The van der Waals surface area contributed by atoms with Gasteiger partial charge in [-0.2, -0.15) is 0 Å². The smallest absolute Gasteiger partial charge is 0.336 e. The van der Waals surface area contributed by atoms with Crippen LogP contribution in [0.5, 0.6) is 17.2 Å². The van der Waals surface area contributed by atoms with Crippen molar-refractivity contribution in [3.05, 3.63) is 110 Å². The van der Waals surface area contributed by atoms with Crippen LogP contribution in [0.15, 0.2) is 89.3 Å². The van der Waals surface area contributed by atoms with Gasteiger partial charge in [0, 0.05) is 34.3 Å². The van der Waals surface area contributed by atoms with Crippen LogP contribution in [0.3, 0.4) is 0 Å². The molecule has 0 fully saturated rings. The molecule has 3 aromatic carbocycles. The molecule has 2 aliphatic rings. The molecule has 7 nitrogen and oxygen atoms in total. The van der Waals surface area contributed by atoms with Crippen molar-refractivity contribution in [1.82, 2.24) is 5.32 Å². The zero-order valence-electron chi connectivity index (χ0n) is 22.6. The molecular formula is C32H29Cl2NO6. The van der Waals surface area contributed by atoms with Crippen LogP contribution < -0.4 is 14.8 Å². The van der Waals surface area contributed by atoms with Gasteiger partial charge in [-0.3, -0.25) is 4.79 Å². The summed E-state index contributed by atoms with van der Waals surface area (Å²) < 4.78 is 16.6. The number of nitrogens with one attached hydrogen (secondary N) is 1. The molecule has 2 atom stereocenters. The number of allylic oxidation sites excluding steroid dienone is 3. The topological polar surface area (TPSA) is 94.1 Å². The van der Waals surface area contributed by atoms with Gasteiger partial charge in [0.1, 0.15) is 19.0 Å². The highest BCUT2D eigenvalue weighted by Gasteiger charge is 2.42. The molecule has 1 aliphatic heterocycles. The number of phenols is 1. The summed E-state index contributed by atoms with van der Waals surface area (Å²) >= 11 is 12.4. The zero-order valence-corrected chi connectivity index (χ0v) is 24.1. The van der Waals surface area contributed by atoms with E-state index in [2.05, 4.69) is 5.32 Å². The van der Waals surface area contributed by atoms with Crippen molar-refractivity contribution in [2.45, 2.75) is 31.6 Å². The van der Waals surface area contributed by atoms with Crippen LogP contribution in [-0.2, 0) is 14.3 Å². The average Bonchev–Trinajstić information content (AvgIpc) is 2.96. The SMILES string of the molecule is COc1cc([C@@H]2C(C(=O)OCCOc3ccccc3)=C(C)NC3=C2C(=O)C[C@@H](c2ccc(Cl)cc2)C3)cc(Cl)c1O. The first-order chi connectivity index (χ1) is 19.8.